The van der Waals surface area contributed by atoms with E-state index < -0.39 is 0 Å². The van der Waals surface area contributed by atoms with Crippen LogP contribution < -0.4 is 5.73 Å². The van der Waals surface area contributed by atoms with Crippen LogP contribution in [0.4, 0.5) is 5.82 Å². The summed E-state index contributed by atoms with van der Waals surface area (Å²) in [6.07, 6.45) is 1.88. The van der Waals surface area contributed by atoms with Crippen molar-refractivity contribution in [2.75, 3.05) is 5.73 Å². The lowest BCUT2D eigenvalue weighted by Crippen LogP contribution is -1.93. The number of aromatic hydroxyl groups is 1. The summed E-state index contributed by atoms with van der Waals surface area (Å²) in [5, 5.41) is 9.26. The van der Waals surface area contributed by atoms with Crippen LogP contribution in [0.3, 0.4) is 0 Å². The second-order valence-corrected chi connectivity index (χ2v) is 3.82. The zero-order valence-corrected chi connectivity index (χ0v) is 9.04. The number of phenolic OH excluding ortho intramolecular Hbond substituents is 1. The molecule has 3 N–H and O–H groups in total. The molecule has 0 aliphatic rings. The summed E-state index contributed by atoms with van der Waals surface area (Å²) < 4.78 is 1.84. The number of phenols is 1. The number of nitrogen functional groups attached to an aromatic ring is 1. The fourth-order valence-corrected chi connectivity index (χ4v) is 1.85. The molecule has 0 aliphatic heterocycles. The largest absolute Gasteiger partial charge is 0.508 e. The van der Waals surface area contributed by atoms with Gasteiger partial charge >= 0.3 is 0 Å². The maximum absolute atomic E-state index is 9.26. The first-order valence-electron chi connectivity index (χ1n) is 5.27. The average molecular weight is 225 g/mol. The number of imidazole rings is 1. The Kier molecular flexibility index (Phi) is 2.01. The Morgan fingerprint density at radius 1 is 1.06 bits per heavy atom. The monoisotopic (exact) mass is 225 g/mol. The highest BCUT2D eigenvalue weighted by Crippen LogP contribution is 2.27. The van der Waals surface area contributed by atoms with Crippen molar-refractivity contribution < 1.29 is 5.11 Å². The van der Waals surface area contributed by atoms with E-state index in [0.717, 1.165) is 16.9 Å². The predicted octanol–water partition coefficient (Wildman–Crippen LogP) is 2.29. The lowest BCUT2D eigenvalue weighted by Gasteiger charge is -1.99. The van der Waals surface area contributed by atoms with E-state index in [9.17, 15) is 5.11 Å². The summed E-state index contributed by atoms with van der Waals surface area (Å²) in [6.45, 7) is 0. The van der Waals surface area contributed by atoms with Crippen molar-refractivity contribution in [3.05, 3.63) is 48.7 Å². The molecule has 0 unspecified atom stereocenters. The predicted molar refractivity (Wildman–Crippen MR) is 66.7 cm³/mol. The highest BCUT2D eigenvalue weighted by molar-refractivity contribution is 5.75. The van der Waals surface area contributed by atoms with Gasteiger partial charge in [0.1, 0.15) is 22.9 Å². The van der Waals surface area contributed by atoms with Crippen LogP contribution in [0.5, 0.6) is 5.75 Å². The highest BCUT2D eigenvalue weighted by atomic mass is 16.3. The minimum Gasteiger partial charge on any atom is -0.508 e. The molecule has 4 nitrogen and oxygen atoms in total. The van der Waals surface area contributed by atoms with Crippen molar-refractivity contribution in [1.82, 2.24) is 9.38 Å². The maximum Gasteiger partial charge on any atom is 0.139 e. The van der Waals surface area contributed by atoms with Crippen LogP contribution in [0.1, 0.15) is 0 Å². The summed E-state index contributed by atoms with van der Waals surface area (Å²) in [6, 6.07) is 12.6. The summed E-state index contributed by atoms with van der Waals surface area (Å²) in [5.41, 5.74) is 8.49. The van der Waals surface area contributed by atoms with Gasteiger partial charge in [-0.05, 0) is 36.4 Å². The van der Waals surface area contributed by atoms with Crippen LogP contribution in [-0.4, -0.2) is 14.5 Å². The molecule has 84 valence electrons. The average Bonchev–Trinajstić information content (AvgIpc) is 2.69. The van der Waals surface area contributed by atoms with Crippen molar-refractivity contribution in [2.24, 2.45) is 0 Å². The molecule has 0 spiro atoms. The number of hydrogen-bond acceptors (Lipinski definition) is 3. The normalized spacial score (nSPS) is 10.8. The van der Waals surface area contributed by atoms with Gasteiger partial charge in [0.15, 0.2) is 0 Å². The molecule has 1 aromatic carbocycles. The van der Waals surface area contributed by atoms with Gasteiger partial charge in [0.25, 0.3) is 0 Å². The van der Waals surface area contributed by atoms with Gasteiger partial charge in [-0.3, -0.25) is 4.40 Å². The number of aromatic nitrogens is 2. The van der Waals surface area contributed by atoms with Crippen LogP contribution in [0.25, 0.3) is 16.9 Å². The number of benzene rings is 1. The van der Waals surface area contributed by atoms with Crippen LogP contribution in [0, 0.1) is 0 Å². The molecule has 17 heavy (non-hydrogen) atoms. The molecule has 3 rings (SSSR count). The van der Waals surface area contributed by atoms with E-state index in [0.29, 0.717) is 5.82 Å². The number of anilines is 1. The molecule has 0 amide bonds. The minimum atomic E-state index is 0.232. The van der Waals surface area contributed by atoms with Gasteiger partial charge in [0.2, 0.25) is 0 Å². The molecule has 2 aromatic heterocycles. The summed E-state index contributed by atoms with van der Waals surface area (Å²) in [7, 11) is 0. The van der Waals surface area contributed by atoms with Gasteiger partial charge in [-0.25, -0.2) is 4.98 Å². The lowest BCUT2D eigenvalue weighted by atomic mass is 10.1. The van der Waals surface area contributed by atoms with E-state index in [1.165, 1.54) is 0 Å². The van der Waals surface area contributed by atoms with Gasteiger partial charge in [-0.15, -0.1) is 0 Å². The summed E-state index contributed by atoms with van der Waals surface area (Å²) in [5.74, 6) is 0.836. The molecule has 0 saturated heterocycles. The van der Waals surface area contributed by atoms with Crippen molar-refractivity contribution in [3.63, 3.8) is 0 Å². The molecule has 2 heterocycles. The van der Waals surface area contributed by atoms with Gasteiger partial charge in [-0.1, -0.05) is 6.07 Å². The second kappa shape index (κ2) is 3.52. The van der Waals surface area contributed by atoms with Crippen LogP contribution in [-0.2, 0) is 0 Å². The van der Waals surface area contributed by atoms with Crippen LogP contribution in [0.2, 0.25) is 0 Å². The molecule has 0 atom stereocenters. The Hall–Kier alpha value is -2.49. The Morgan fingerprint density at radius 2 is 1.82 bits per heavy atom. The van der Waals surface area contributed by atoms with Crippen molar-refractivity contribution in [1.29, 1.82) is 0 Å². The third-order valence-corrected chi connectivity index (χ3v) is 2.71. The molecule has 0 saturated carbocycles. The first-order valence-corrected chi connectivity index (χ1v) is 5.27. The topological polar surface area (TPSA) is 63.5 Å². The smallest absolute Gasteiger partial charge is 0.139 e. The van der Waals surface area contributed by atoms with Crippen LogP contribution in [0.15, 0.2) is 48.7 Å². The highest BCUT2D eigenvalue weighted by Gasteiger charge is 2.10. The molecule has 3 aromatic rings. The molecular weight excluding hydrogens is 214 g/mol. The number of fused-ring (bicyclic) bond motifs is 1. The third kappa shape index (κ3) is 1.50. The van der Waals surface area contributed by atoms with E-state index in [2.05, 4.69) is 4.98 Å². The molecule has 0 aliphatic carbocycles. The lowest BCUT2D eigenvalue weighted by molar-refractivity contribution is 0.475. The molecule has 0 bridgehead atoms. The second-order valence-electron chi connectivity index (χ2n) is 3.82. The Bertz CT molecular complexity index is 671. The fraction of sp³-hybridized carbons (Fsp3) is 0. The molecule has 4 heteroatoms. The Morgan fingerprint density at radius 3 is 2.53 bits per heavy atom. The quantitative estimate of drug-likeness (QED) is 0.667. The van der Waals surface area contributed by atoms with Gasteiger partial charge in [0, 0.05) is 11.8 Å². The zero-order valence-electron chi connectivity index (χ0n) is 9.04. The van der Waals surface area contributed by atoms with Gasteiger partial charge in [-0.2, -0.15) is 0 Å². The first kappa shape index (κ1) is 9.72. The number of nitrogens with two attached hydrogens (primary N) is 1. The van der Waals surface area contributed by atoms with E-state index in [-0.39, 0.29) is 5.75 Å². The number of rotatable bonds is 1. The number of hydrogen-bond donors (Lipinski definition) is 2. The minimum absolute atomic E-state index is 0.232. The van der Waals surface area contributed by atoms with Crippen molar-refractivity contribution in [2.45, 2.75) is 0 Å². The number of nitrogens with zero attached hydrogens (tertiary/aromatic N) is 2. The SMILES string of the molecule is Nc1c(-c2ccc(O)cc2)nc2ccccn12. The maximum atomic E-state index is 9.26. The summed E-state index contributed by atoms with van der Waals surface area (Å²) >= 11 is 0. The standard InChI is InChI=1S/C13H11N3O/c14-13-12(9-4-6-10(17)7-5-9)15-11-3-1-2-8-16(11)13/h1-8,17H,14H2. The van der Waals surface area contributed by atoms with Crippen molar-refractivity contribution in [3.8, 4) is 17.0 Å². The Balaban J connectivity index is 2.24. The van der Waals surface area contributed by atoms with E-state index >= 15 is 0 Å². The molecular formula is C13H11N3O. The van der Waals surface area contributed by atoms with E-state index in [1.54, 1.807) is 24.3 Å². The first-order chi connectivity index (χ1) is 8.25. The fourth-order valence-electron chi connectivity index (χ4n) is 1.85. The third-order valence-electron chi connectivity index (χ3n) is 2.71. The van der Waals surface area contributed by atoms with Crippen LogP contribution >= 0.6 is 0 Å². The zero-order chi connectivity index (χ0) is 11.8. The van der Waals surface area contributed by atoms with E-state index in [1.807, 2.05) is 28.8 Å². The molecule has 0 radical (unpaired) electrons. The van der Waals surface area contributed by atoms with Gasteiger partial charge < -0.3 is 10.8 Å². The number of pyridine rings is 1. The summed E-state index contributed by atoms with van der Waals surface area (Å²) in [4.78, 5) is 4.47. The molecule has 0 fully saturated rings. The van der Waals surface area contributed by atoms with E-state index in [4.69, 9.17) is 5.73 Å². The van der Waals surface area contributed by atoms with Gasteiger partial charge in [0.05, 0.1) is 0 Å². The Labute approximate surface area is 98.0 Å². The van der Waals surface area contributed by atoms with Crippen molar-refractivity contribution >= 4 is 11.5 Å².